The highest BCUT2D eigenvalue weighted by molar-refractivity contribution is 5.68. The van der Waals surface area contributed by atoms with Crippen LogP contribution in [0.2, 0.25) is 0 Å². The number of aliphatic hydroxyl groups is 1. The summed E-state index contributed by atoms with van der Waals surface area (Å²) in [5.41, 5.74) is 0.936. The van der Waals surface area contributed by atoms with Gasteiger partial charge in [-0.2, -0.15) is 0 Å². The van der Waals surface area contributed by atoms with Gasteiger partial charge in [0.1, 0.15) is 6.61 Å². The summed E-state index contributed by atoms with van der Waals surface area (Å²) in [6, 6.07) is 9.24. The number of carbonyl (C=O) groups is 1. The summed E-state index contributed by atoms with van der Waals surface area (Å²) in [6.45, 7) is 1.47. The summed E-state index contributed by atoms with van der Waals surface area (Å²) in [7, 11) is 0. The average molecular weight is 318 g/mol. The molecule has 0 bridgehead atoms. The van der Waals surface area contributed by atoms with E-state index in [-0.39, 0.29) is 25.3 Å². The Hall–Kier alpha value is -2.68. The molecule has 9 heteroatoms. The molecule has 1 aromatic carbocycles. The molecule has 0 saturated carbocycles. The maximum atomic E-state index is 12.2. The van der Waals surface area contributed by atoms with Crippen LogP contribution in [0, 0.1) is 0 Å². The number of anilines is 1. The summed E-state index contributed by atoms with van der Waals surface area (Å²) < 4.78 is 5.33. The lowest BCUT2D eigenvalue weighted by atomic mass is 10.2. The molecule has 1 atom stereocenters. The number of hydrogen-bond acceptors (Lipinski definition) is 7. The molecule has 3 rings (SSSR count). The van der Waals surface area contributed by atoms with Crippen molar-refractivity contribution in [2.75, 3.05) is 31.1 Å². The van der Waals surface area contributed by atoms with E-state index in [0.717, 1.165) is 5.56 Å². The van der Waals surface area contributed by atoms with Crippen molar-refractivity contribution in [3.8, 4) is 0 Å². The second kappa shape index (κ2) is 7.05. The van der Waals surface area contributed by atoms with Gasteiger partial charge in [-0.25, -0.2) is 9.89 Å². The molecule has 1 amide bonds. The van der Waals surface area contributed by atoms with Crippen molar-refractivity contribution in [2.45, 2.75) is 12.6 Å². The van der Waals surface area contributed by atoms with Gasteiger partial charge in [0, 0.05) is 19.6 Å². The van der Waals surface area contributed by atoms with E-state index >= 15 is 0 Å². The van der Waals surface area contributed by atoms with Crippen molar-refractivity contribution >= 4 is 12.0 Å². The number of nitrogens with zero attached hydrogens (tertiary/aromatic N) is 5. The zero-order chi connectivity index (χ0) is 16.1. The quantitative estimate of drug-likeness (QED) is 0.818. The number of carbonyl (C=O) groups excluding carboxylic acids is 1. The van der Waals surface area contributed by atoms with Gasteiger partial charge in [-0.3, -0.25) is 0 Å². The van der Waals surface area contributed by atoms with Crippen LogP contribution in [-0.2, 0) is 11.3 Å². The van der Waals surface area contributed by atoms with Gasteiger partial charge < -0.3 is 19.6 Å². The van der Waals surface area contributed by atoms with Gasteiger partial charge in [-0.1, -0.05) is 35.4 Å². The third-order valence-electron chi connectivity index (χ3n) is 3.76. The number of tetrazole rings is 1. The minimum atomic E-state index is -0.386. The number of rotatable bonds is 4. The molecule has 0 unspecified atom stereocenters. The third kappa shape index (κ3) is 3.57. The van der Waals surface area contributed by atoms with Crippen molar-refractivity contribution in [1.82, 2.24) is 25.5 Å². The topological polar surface area (TPSA) is 107 Å². The van der Waals surface area contributed by atoms with Crippen molar-refractivity contribution in [2.24, 2.45) is 0 Å². The number of aromatic nitrogens is 4. The lowest BCUT2D eigenvalue weighted by Crippen LogP contribution is -2.56. The van der Waals surface area contributed by atoms with E-state index in [1.807, 2.05) is 35.2 Å². The van der Waals surface area contributed by atoms with Gasteiger partial charge in [0.05, 0.1) is 12.6 Å². The summed E-state index contributed by atoms with van der Waals surface area (Å²) in [5.74, 6) is 0.487. The fraction of sp³-hybridized carbons (Fsp3) is 0.429. The summed E-state index contributed by atoms with van der Waals surface area (Å²) in [6.07, 6.45) is -0.386. The molecule has 1 saturated heterocycles. The van der Waals surface area contributed by atoms with Crippen LogP contribution in [-0.4, -0.2) is 69.0 Å². The van der Waals surface area contributed by atoms with Gasteiger partial charge in [0.25, 0.3) is 0 Å². The lowest BCUT2D eigenvalue weighted by Gasteiger charge is -2.39. The minimum Gasteiger partial charge on any atom is -0.445 e. The molecular formula is C14H18N6O3. The molecule has 9 nitrogen and oxygen atoms in total. The first-order valence-corrected chi connectivity index (χ1v) is 7.35. The Morgan fingerprint density at radius 3 is 2.87 bits per heavy atom. The standard InChI is InChI=1S/C14H18N6O3/c21-9-12-8-19(6-7-20(12)13-15-17-18-16-13)14(22)23-10-11-4-2-1-3-5-11/h1-5,12,21H,6-10H2,(H,15,16,17,18)/t12-/m0/s1. The average Bonchev–Trinajstić information content (AvgIpc) is 3.14. The number of amides is 1. The van der Waals surface area contributed by atoms with Gasteiger partial charge >= 0.3 is 6.09 Å². The molecule has 1 fully saturated rings. The van der Waals surface area contributed by atoms with Crippen LogP contribution in [0.3, 0.4) is 0 Å². The monoisotopic (exact) mass is 318 g/mol. The number of aliphatic hydroxyl groups excluding tert-OH is 1. The number of aromatic amines is 1. The zero-order valence-electron chi connectivity index (χ0n) is 12.5. The largest absolute Gasteiger partial charge is 0.445 e. The molecule has 2 heterocycles. The van der Waals surface area contributed by atoms with Crippen LogP contribution in [0.15, 0.2) is 30.3 Å². The van der Waals surface area contributed by atoms with Crippen LogP contribution in [0.5, 0.6) is 0 Å². The SMILES string of the molecule is O=C(OCc1ccccc1)N1CCN(c2nnn[nH]2)[C@H](CO)C1. The molecule has 0 spiro atoms. The molecule has 2 aromatic rings. The summed E-state index contributed by atoms with van der Waals surface area (Å²) >= 11 is 0. The van der Waals surface area contributed by atoms with Crippen LogP contribution >= 0.6 is 0 Å². The lowest BCUT2D eigenvalue weighted by molar-refractivity contribution is 0.0834. The van der Waals surface area contributed by atoms with E-state index < -0.39 is 0 Å². The number of hydrogen-bond donors (Lipinski definition) is 2. The first kappa shape index (κ1) is 15.2. The van der Waals surface area contributed by atoms with Crippen LogP contribution in [0.25, 0.3) is 0 Å². The molecule has 1 aliphatic heterocycles. The van der Waals surface area contributed by atoms with E-state index in [4.69, 9.17) is 4.74 Å². The fourth-order valence-electron chi connectivity index (χ4n) is 2.54. The van der Waals surface area contributed by atoms with E-state index in [1.165, 1.54) is 0 Å². The number of nitrogens with one attached hydrogen (secondary N) is 1. The predicted octanol–water partition coefficient (Wildman–Crippen LogP) is 0.0194. The van der Waals surface area contributed by atoms with Gasteiger partial charge in [-0.15, -0.1) is 0 Å². The Labute approximate surface area is 132 Å². The van der Waals surface area contributed by atoms with Crippen molar-refractivity contribution < 1.29 is 14.6 Å². The van der Waals surface area contributed by atoms with Crippen molar-refractivity contribution in [3.05, 3.63) is 35.9 Å². The molecule has 0 radical (unpaired) electrons. The Morgan fingerprint density at radius 1 is 1.35 bits per heavy atom. The van der Waals surface area contributed by atoms with Crippen molar-refractivity contribution in [3.63, 3.8) is 0 Å². The Balaban J connectivity index is 1.56. The number of piperazine rings is 1. The van der Waals surface area contributed by atoms with Crippen molar-refractivity contribution in [1.29, 1.82) is 0 Å². The predicted molar refractivity (Wildman–Crippen MR) is 80.6 cm³/mol. The first-order valence-electron chi connectivity index (χ1n) is 7.35. The maximum Gasteiger partial charge on any atom is 0.410 e. The molecule has 23 heavy (non-hydrogen) atoms. The molecular weight excluding hydrogens is 300 g/mol. The van der Waals surface area contributed by atoms with E-state index in [2.05, 4.69) is 20.6 Å². The minimum absolute atomic E-state index is 0.108. The summed E-state index contributed by atoms with van der Waals surface area (Å²) in [5, 5.41) is 23.1. The van der Waals surface area contributed by atoms with Crippen LogP contribution < -0.4 is 4.90 Å². The highest BCUT2D eigenvalue weighted by Gasteiger charge is 2.31. The fourth-order valence-corrected chi connectivity index (χ4v) is 2.54. The van der Waals surface area contributed by atoms with E-state index in [9.17, 15) is 9.90 Å². The number of H-pyrrole nitrogens is 1. The van der Waals surface area contributed by atoms with E-state index in [1.54, 1.807) is 4.90 Å². The van der Waals surface area contributed by atoms with Crippen LogP contribution in [0.1, 0.15) is 5.56 Å². The number of benzene rings is 1. The number of ether oxygens (including phenoxy) is 1. The van der Waals surface area contributed by atoms with Gasteiger partial charge in [0.2, 0.25) is 5.95 Å². The van der Waals surface area contributed by atoms with Crippen LogP contribution in [0.4, 0.5) is 10.7 Å². The molecule has 1 aromatic heterocycles. The maximum absolute atomic E-state index is 12.2. The third-order valence-corrected chi connectivity index (χ3v) is 3.76. The second-order valence-electron chi connectivity index (χ2n) is 5.24. The highest BCUT2D eigenvalue weighted by Crippen LogP contribution is 2.16. The summed E-state index contributed by atoms with van der Waals surface area (Å²) in [4.78, 5) is 15.6. The normalized spacial score (nSPS) is 18.0. The molecule has 2 N–H and O–H groups in total. The second-order valence-corrected chi connectivity index (χ2v) is 5.24. The molecule has 1 aliphatic rings. The Kier molecular flexibility index (Phi) is 4.67. The van der Waals surface area contributed by atoms with E-state index in [0.29, 0.717) is 25.6 Å². The smallest absolute Gasteiger partial charge is 0.410 e. The highest BCUT2D eigenvalue weighted by atomic mass is 16.6. The molecule has 122 valence electrons. The molecule has 0 aliphatic carbocycles. The van der Waals surface area contributed by atoms with Gasteiger partial charge in [0.15, 0.2) is 0 Å². The van der Waals surface area contributed by atoms with Gasteiger partial charge in [-0.05, 0) is 16.0 Å². The Bertz CT molecular complexity index is 621. The first-order chi connectivity index (χ1) is 11.3. The Morgan fingerprint density at radius 2 is 2.17 bits per heavy atom. The zero-order valence-corrected chi connectivity index (χ0v) is 12.5.